The van der Waals surface area contributed by atoms with Gasteiger partial charge in [0, 0.05) is 30.8 Å². The number of aromatic nitrogens is 3. The summed E-state index contributed by atoms with van der Waals surface area (Å²) in [6.45, 7) is 3.26. The SMILES string of the molecule is CC(=O)N1CCCC(c2nnc3n2-c2ccccc2SC3)C1. The smallest absolute Gasteiger partial charge is 0.219 e. The van der Waals surface area contributed by atoms with Crippen molar-refractivity contribution in [1.82, 2.24) is 19.7 Å². The summed E-state index contributed by atoms with van der Waals surface area (Å²) in [6, 6.07) is 8.40. The largest absolute Gasteiger partial charge is 0.342 e. The van der Waals surface area contributed by atoms with Crippen molar-refractivity contribution in [2.24, 2.45) is 0 Å². The summed E-state index contributed by atoms with van der Waals surface area (Å²) >= 11 is 1.81. The molecule has 0 N–H and O–H groups in total. The van der Waals surface area contributed by atoms with Crippen LogP contribution in [0.1, 0.15) is 37.3 Å². The van der Waals surface area contributed by atoms with Gasteiger partial charge >= 0.3 is 0 Å². The highest BCUT2D eigenvalue weighted by Gasteiger charge is 2.30. The molecule has 1 fully saturated rings. The first-order valence-corrected chi connectivity index (χ1v) is 8.64. The number of para-hydroxylation sites is 1. The van der Waals surface area contributed by atoms with Gasteiger partial charge in [0.05, 0.1) is 11.4 Å². The van der Waals surface area contributed by atoms with Crippen LogP contribution in [0.5, 0.6) is 0 Å². The molecule has 0 aliphatic carbocycles. The van der Waals surface area contributed by atoms with E-state index in [-0.39, 0.29) is 11.8 Å². The van der Waals surface area contributed by atoms with Gasteiger partial charge in [-0.2, -0.15) is 0 Å². The van der Waals surface area contributed by atoms with Gasteiger partial charge in [-0.15, -0.1) is 22.0 Å². The molecule has 1 aromatic carbocycles. The van der Waals surface area contributed by atoms with Crippen molar-refractivity contribution in [3.63, 3.8) is 0 Å². The third kappa shape index (κ3) is 2.22. The van der Waals surface area contributed by atoms with E-state index < -0.39 is 0 Å². The van der Waals surface area contributed by atoms with Crippen molar-refractivity contribution < 1.29 is 4.79 Å². The maximum Gasteiger partial charge on any atom is 0.219 e. The van der Waals surface area contributed by atoms with E-state index in [0.717, 1.165) is 43.3 Å². The van der Waals surface area contributed by atoms with E-state index in [0.29, 0.717) is 0 Å². The van der Waals surface area contributed by atoms with Crippen LogP contribution < -0.4 is 0 Å². The Morgan fingerprint density at radius 3 is 3.05 bits per heavy atom. The lowest BCUT2D eigenvalue weighted by atomic mass is 9.97. The molecule has 1 saturated heterocycles. The number of fused-ring (bicyclic) bond motifs is 3. The zero-order valence-electron chi connectivity index (χ0n) is 12.5. The number of likely N-dealkylation sites (tertiary alicyclic amines) is 1. The first-order valence-electron chi connectivity index (χ1n) is 7.66. The van der Waals surface area contributed by atoms with E-state index in [1.54, 1.807) is 6.92 Å². The number of carbonyl (C=O) groups is 1. The summed E-state index contributed by atoms with van der Waals surface area (Å²) in [5.74, 6) is 3.30. The number of hydrogen-bond acceptors (Lipinski definition) is 4. The second kappa shape index (κ2) is 5.43. The fourth-order valence-corrected chi connectivity index (χ4v) is 4.28. The van der Waals surface area contributed by atoms with Crippen LogP contribution in [0.4, 0.5) is 0 Å². The van der Waals surface area contributed by atoms with Gasteiger partial charge in [-0.3, -0.25) is 9.36 Å². The van der Waals surface area contributed by atoms with Crippen LogP contribution in [0.15, 0.2) is 29.2 Å². The molecule has 0 spiro atoms. The summed E-state index contributed by atoms with van der Waals surface area (Å²) in [5.41, 5.74) is 1.17. The third-order valence-corrected chi connectivity index (χ3v) is 5.51. The van der Waals surface area contributed by atoms with Crippen molar-refractivity contribution in [3.8, 4) is 5.69 Å². The Bertz CT molecular complexity index is 727. The van der Waals surface area contributed by atoms with Crippen LogP contribution in [0, 0.1) is 0 Å². The second-order valence-electron chi connectivity index (χ2n) is 5.87. The minimum atomic E-state index is 0.152. The first-order chi connectivity index (χ1) is 10.7. The monoisotopic (exact) mass is 314 g/mol. The maximum atomic E-state index is 11.7. The van der Waals surface area contributed by atoms with Gasteiger partial charge in [-0.25, -0.2) is 0 Å². The highest BCUT2D eigenvalue weighted by molar-refractivity contribution is 7.98. The quantitative estimate of drug-likeness (QED) is 0.812. The third-order valence-electron chi connectivity index (χ3n) is 4.45. The molecule has 0 radical (unpaired) electrons. The summed E-state index contributed by atoms with van der Waals surface area (Å²) in [5, 5.41) is 8.87. The van der Waals surface area contributed by atoms with Crippen LogP contribution in [0.25, 0.3) is 5.69 Å². The lowest BCUT2D eigenvalue weighted by Crippen LogP contribution is -2.38. The molecule has 2 aromatic rings. The molecule has 4 rings (SSSR count). The van der Waals surface area contributed by atoms with E-state index in [9.17, 15) is 4.79 Å². The van der Waals surface area contributed by atoms with Gasteiger partial charge in [0.25, 0.3) is 0 Å². The zero-order valence-corrected chi connectivity index (χ0v) is 13.3. The highest BCUT2D eigenvalue weighted by atomic mass is 32.2. The van der Waals surface area contributed by atoms with E-state index in [1.165, 1.54) is 10.6 Å². The van der Waals surface area contributed by atoms with Crippen LogP contribution >= 0.6 is 11.8 Å². The van der Waals surface area contributed by atoms with E-state index >= 15 is 0 Å². The molecular formula is C16H18N4OS. The van der Waals surface area contributed by atoms with E-state index in [1.807, 2.05) is 16.7 Å². The van der Waals surface area contributed by atoms with Gasteiger partial charge in [0.15, 0.2) is 0 Å². The normalized spacial score (nSPS) is 20.4. The van der Waals surface area contributed by atoms with E-state index in [4.69, 9.17) is 0 Å². The molecule has 0 saturated carbocycles. The number of amides is 1. The van der Waals surface area contributed by atoms with Crippen molar-refractivity contribution in [2.75, 3.05) is 13.1 Å². The fourth-order valence-electron chi connectivity index (χ4n) is 3.33. The standard InChI is InChI=1S/C16H18N4OS/c1-11(21)19-8-4-5-12(9-19)16-18-17-15-10-22-14-7-3-2-6-13(14)20(15)16/h2-3,6-7,12H,4-5,8-10H2,1H3. The molecule has 1 aromatic heterocycles. The molecule has 22 heavy (non-hydrogen) atoms. The van der Waals surface area contributed by atoms with Gasteiger partial charge < -0.3 is 4.90 Å². The van der Waals surface area contributed by atoms with Gasteiger partial charge in [0.2, 0.25) is 5.91 Å². The predicted molar refractivity (Wildman–Crippen MR) is 85.1 cm³/mol. The molecule has 5 nitrogen and oxygen atoms in total. The number of hydrogen-bond donors (Lipinski definition) is 0. The number of nitrogens with zero attached hydrogens (tertiary/aromatic N) is 4. The Kier molecular flexibility index (Phi) is 3.41. The molecular weight excluding hydrogens is 296 g/mol. The van der Waals surface area contributed by atoms with Crippen molar-refractivity contribution in [3.05, 3.63) is 35.9 Å². The zero-order chi connectivity index (χ0) is 15.1. The average Bonchev–Trinajstić information content (AvgIpc) is 2.99. The lowest BCUT2D eigenvalue weighted by molar-refractivity contribution is -0.130. The number of piperidine rings is 1. The number of rotatable bonds is 1. The molecule has 114 valence electrons. The molecule has 6 heteroatoms. The summed E-state index contributed by atoms with van der Waals surface area (Å²) in [7, 11) is 0. The fraction of sp³-hybridized carbons (Fsp3) is 0.438. The first kappa shape index (κ1) is 13.8. The Hall–Kier alpha value is -1.82. The average molecular weight is 314 g/mol. The Balaban J connectivity index is 1.73. The molecule has 1 amide bonds. The Labute approximate surface area is 133 Å². The van der Waals surface area contributed by atoms with Crippen LogP contribution in [-0.2, 0) is 10.5 Å². The second-order valence-corrected chi connectivity index (χ2v) is 6.89. The number of thioether (sulfide) groups is 1. The molecule has 2 aliphatic heterocycles. The minimum Gasteiger partial charge on any atom is -0.342 e. The maximum absolute atomic E-state index is 11.7. The van der Waals surface area contributed by atoms with Crippen LogP contribution in [0.3, 0.4) is 0 Å². The summed E-state index contributed by atoms with van der Waals surface area (Å²) in [4.78, 5) is 14.9. The van der Waals surface area contributed by atoms with Gasteiger partial charge in [0.1, 0.15) is 11.6 Å². The highest BCUT2D eigenvalue weighted by Crippen LogP contribution is 2.37. The van der Waals surface area contributed by atoms with Crippen molar-refractivity contribution in [1.29, 1.82) is 0 Å². The van der Waals surface area contributed by atoms with Gasteiger partial charge in [-0.05, 0) is 25.0 Å². The van der Waals surface area contributed by atoms with Crippen LogP contribution in [-0.4, -0.2) is 38.7 Å². The Morgan fingerprint density at radius 2 is 2.18 bits per heavy atom. The number of carbonyl (C=O) groups excluding carboxylic acids is 1. The van der Waals surface area contributed by atoms with Crippen molar-refractivity contribution >= 4 is 17.7 Å². The summed E-state index contributed by atoms with van der Waals surface area (Å²) < 4.78 is 2.21. The van der Waals surface area contributed by atoms with Crippen molar-refractivity contribution in [2.45, 2.75) is 36.3 Å². The van der Waals surface area contributed by atoms with Gasteiger partial charge in [-0.1, -0.05) is 12.1 Å². The predicted octanol–water partition coefficient (Wildman–Crippen LogP) is 2.60. The molecule has 2 aliphatic rings. The minimum absolute atomic E-state index is 0.152. The van der Waals surface area contributed by atoms with Crippen LogP contribution in [0.2, 0.25) is 0 Å². The Morgan fingerprint density at radius 1 is 1.32 bits per heavy atom. The topological polar surface area (TPSA) is 51.0 Å². The number of benzene rings is 1. The molecule has 0 bridgehead atoms. The molecule has 1 unspecified atom stereocenters. The lowest BCUT2D eigenvalue weighted by Gasteiger charge is -2.32. The summed E-state index contributed by atoms with van der Waals surface area (Å²) in [6.07, 6.45) is 2.10. The van der Waals surface area contributed by atoms with E-state index in [2.05, 4.69) is 39.0 Å². The molecule has 1 atom stereocenters. The molecule has 3 heterocycles.